The predicted molar refractivity (Wildman–Crippen MR) is 71.9 cm³/mol. The lowest BCUT2D eigenvalue weighted by molar-refractivity contribution is -0.137. The second-order valence-corrected chi connectivity index (χ2v) is 4.46. The van der Waals surface area contributed by atoms with Crippen molar-refractivity contribution < 1.29 is 31.5 Å². The fraction of sp³-hybridized carbons (Fsp3) is 0.133. The molecule has 0 aliphatic heterocycles. The highest BCUT2D eigenvalue weighted by Gasteiger charge is 2.30. The Bertz CT molecular complexity index is 695. The first-order chi connectivity index (χ1) is 10.8. The number of benzene rings is 2. The highest BCUT2D eigenvalue weighted by Crippen LogP contribution is 2.31. The third-order valence-electron chi connectivity index (χ3n) is 2.76. The Hall–Kier alpha value is -2.64. The van der Waals surface area contributed by atoms with E-state index in [-0.39, 0.29) is 5.75 Å². The maximum absolute atomic E-state index is 13.3. The molecule has 0 saturated carbocycles. The molecule has 0 saturated heterocycles. The van der Waals surface area contributed by atoms with E-state index in [0.717, 1.165) is 36.4 Å². The Labute approximate surface area is 127 Å². The van der Waals surface area contributed by atoms with Gasteiger partial charge in [0.05, 0.1) is 5.56 Å². The Morgan fingerprint density at radius 2 is 1.65 bits per heavy atom. The van der Waals surface area contributed by atoms with Gasteiger partial charge in [-0.2, -0.15) is 13.2 Å². The molecular formula is C15H10F5NO2. The van der Waals surface area contributed by atoms with Crippen LogP contribution in [0.3, 0.4) is 0 Å². The van der Waals surface area contributed by atoms with Crippen molar-refractivity contribution in [2.45, 2.75) is 6.18 Å². The van der Waals surface area contributed by atoms with Crippen molar-refractivity contribution in [2.75, 3.05) is 11.9 Å². The number of para-hydroxylation sites is 1. The molecule has 1 amide bonds. The Morgan fingerprint density at radius 1 is 1.04 bits per heavy atom. The van der Waals surface area contributed by atoms with Crippen LogP contribution in [-0.2, 0) is 11.0 Å². The van der Waals surface area contributed by atoms with Crippen molar-refractivity contribution >= 4 is 11.6 Å². The molecule has 0 fully saturated rings. The topological polar surface area (TPSA) is 38.3 Å². The number of alkyl halides is 3. The summed E-state index contributed by atoms with van der Waals surface area (Å²) >= 11 is 0. The normalized spacial score (nSPS) is 11.2. The molecule has 0 aliphatic rings. The molecule has 23 heavy (non-hydrogen) atoms. The molecule has 3 nitrogen and oxygen atoms in total. The quantitative estimate of drug-likeness (QED) is 0.860. The molecular weight excluding hydrogens is 321 g/mol. The van der Waals surface area contributed by atoms with Crippen molar-refractivity contribution in [3.63, 3.8) is 0 Å². The third-order valence-corrected chi connectivity index (χ3v) is 2.76. The SMILES string of the molecule is O=C(COc1cccc(C(F)(F)F)c1)Nc1c(F)cccc1F. The Kier molecular flexibility index (Phi) is 4.83. The molecule has 1 N–H and O–H groups in total. The van der Waals surface area contributed by atoms with Gasteiger partial charge in [0.2, 0.25) is 0 Å². The van der Waals surface area contributed by atoms with E-state index in [4.69, 9.17) is 4.74 Å². The van der Waals surface area contributed by atoms with Gasteiger partial charge in [0.25, 0.3) is 5.91 Å². The molecule has 122 valence electrons. The molecule has 0 spiro atoms. The lowest BCUT2D eigenvalue weighted by Crippen LogP contribution is -2.21. The van der Waals surface area contributed by atoms with Crippen molar-refractivity contribution in [2.24, 2.45) is 0 Å². The van der Waals surface area contributed by atoms with E-state index in [1.165, 1.54) is 6.07 Å². The van der Waals surface area contributed by atoms with Crippen LogP contribution in [-0.4, -0.2) is 12.5 Å². The maximum atomic E-state index is 13.3. The van der Waals surface area contributed by atoms with Gasteiger partial charge in [0, 0.05) is 0 Å². The number of amides is 1. The van der Waals surface area contributed by atoms with Gasteiger partial charge in [-0.15, -0.1) is 0 Å². The van der Waals surface area contributed by atoms with Gasteiger partial charge in [-0.05, 0) is 30.3 Å². The van der Waals surface area contributed by atoms with Crippen molar-refractivity contribution in [1.29, 1.82) is 0 Å². The van der Waals surface area contributed by atoms with Crippen LogP contribution in [0.1, 0.15) is 5.56 Å². The average Bonchev–Trinajstić information content (AvgIpc) is 2.48. The minimum atomic E-state index is -4.54. The largest absolute Gasteiger partial charge is 0.484 e. The number of carbonyl (C=O) groups is 1. The summed E-state index contributed by atoms with van der Waals surface area (Å²) in [7, 11) is 0. The average molecular weight is 331 g/mol. The van der Waals surface area contributed by atoms with Gasteiger partial charge in [-0.1, -0.05) is 12.1 Å². The predicted octanol–water partition coefficient (Wildman–Crippen LogP) is 4.00. The summed E-state index contributed by atoms with van der Waals surface area (Å²) in [6.45, 7) is -0.699. The van der Waals surface area contributed by atoms with Crippen LogP contribution < -0.4 is 10.1 Å². The van der Waals surface area contributed by atoms with Crippen LogP contribution in [0.5, 0.6) is 5.75 Å². The van der Waals surface area contributed by atoms with E-state index in [9.17, 15) is 26.7 Å². The zero-order valence-electron chi connectivity index (χ0n) is 11.5. The molecule has 8 heteroatoms. The smallest absolute Gasteiger partial charge is 0.416 e. The number of hydrogen-bond donors (Lipinski definition) is 1. The molecule has 2 aromatic rings. The van der Waals surface area contributed by atoms with Gasteiger partial charge < -0.3 is 10.1 Å². The molecule has 2 aromatic carbocycles. The van der Waals surface area contributed by atoms with Crippen molar-refractivity contribution in [3.05, 3.63) is 59.7 Å². The fourth-order valence-corrected chi connectivity index (χ4v) is 1.70. The molecule has 0 aromatic heterocycles. The van der Waals surface area contributed by atoms with Crippen LogP contribution in [0.15, 0.2) is 42.5 Å². The van der Waals surface area contributed by atoms with E-state index >= 15 is 0 Å². The molecule has 0 radical (unpaired) electrons. The second kappa shape index (κ2) is 6.64. The van der Waals surface area contributed by atoms with Crippen LogP contribution in [0.25, 0.3) is 0 Å². The highest BCUT2D eigenvalue weighted by atomic mass is 19.4. The van der Waals surface area contributed by atoms with Gasteiger partial charge in [0.15, 0.2) is 6.61 Å². The van der Waals surface area contributed by atoms with Gasteiger partial charge in [0.1, 0.15) is 23.1 Å². The zero-order valence-corrected chi connectivity index (χ0v) is 11.5. The summed E-state index contributed by atoms with van der Waals surface area (Å²) in [5, 5.41) is 1.96. The van der Waals surface area contributed by atoms with Crippen molar-refractivity contribution in [1.82, 2.24) is 0 Å². The van der Waals surface area contributed by atoms with E-state index in [2.05, 4.69) is 0 Å². The molecule has 0 bridgehead atoms. The van der Waals surface area contributed by atoms with Crippen molar-refractivity contribution in [3.8, 4) is 5.75 Å². The number of rotatable bonds is 4. The zero-order chi connectivity index (χ0) is 17.0. The van der Waals surface area contributed by atoms with Crippen LogP contribution in [0, 0.1) is 11.6 Å². The van der Waals surface area contributed by atoms with E-state index in [1.54, 1.807) is 0 Å². The molecule has 0 heterocycles. The van der Waals surface area contributed by atoms with Gasteiger partial charge in [-0.25, -0.2) is 8.78 Å². The minimum absolute atomic E-state index is 0.191. The first kappa shape index (κ1) is 16.7. The lowest BCUT2D eigenvalue weighted by atomic mass is 10.2. The maximum Gasteiger partial charge on any atom is 0.416 e. The van der Waals surface area contributed by atoms with Gasteiger partial charge >= 0.3 is 6.18 Å². The summed E-state index contributed by atoms with van der Waals surface area (Å²) < 4.78 is 69.1. The number of ether oxygens (including phenoxy) is 1. The summed E-state index contributed by atoms with van der Waals surface area (Å²) in [4.78, 5) is 11.6. The summed E-state index contributed by atoms with van der Waals surface area (Å²) in [5.41, 5.74) is -1.58. The molecule has 2 rings (SSSR count). The Morgan fingerprint density at radius 3 is 2.26 bits per heavy atom. The summed E-state index contributed by atoms with van der Waals surface area (Å²) in [6, 6.07) is 6.94. The van der Waals surface area contributed by atoms with Crippen LogP contribution >= 0.6 is 0 Å². The monoisotopic (exact) mass is 331 g/mol. The molecule has 0 unspecified atom stereocenters. The summed E-state index contributed by atoms with van der Waals surface area (Å²) in [5.74, 6) is -3.05. The van der Waals surface area contributed by atoms with E-state index in [0.29, 0.717) is 0 Å². The van der Waals surface area contributed by atoms with Crippen LogP contribution in [0.4, 0.5) is 27.6 Å². The van der Waals surface area contributed by atoms with Gasteiger partial charge in [-0.3, -0.25) is 4.79 Å². The molecule has 0 atom stereocenters. The molecule has 0 aliphatic carbocycles. The number of nitrogens with one attached hydrogen (secondary N) is 1. The second-order valence-electron chi connectivity index (χ2n) is 4.46. The van der Waals surface area contributed by atoms with E-state index in [1.807, 2.05) is 5.32 Å². The fourth-order valence-electron chi connectivity index (χ4n) is 1.70. The van der Waals surface area contributed by atoms with E-state index < -0.39 is 41.6 Å². The number of halogens is 5. The Balaban J connectivity index is 2.00. The number of anilines is 1. The third kappa shape index (κ3) is 4.41. The summed E-state index contributed by atoms with van der Waals surface area (Å²) in [6.07, 6.45) is -4.54. The lowest BCUT2D eigenvalue weighted by Gasteiger charge is -2.11. The first-order valence-corrected chi connectivity index (χ1v) is 6.31. The highest BCUT2D eigenvalue weighted by molar-refractivity contribution is 5.92. The van der Waals surface area contributed by atoms with Crippen LogP contribution in [0.2, 0.25) is 0 Å². The number of carbonyl (C=O) groups excluding carboxylic acids is 1. The minimum Gasteiger partial charge on any atom is -0.484 e. The first-order valence-electron chi connectivity index (χ1n) is 6.31. The number of hydrogen-bond acceptors (Lipinski definition) is 2. The standard InChI is InChI=1S/C15H10F5NO2/c16-11-5-2-6-12(17)14(11)21-13(22)8-23-10-4-1-3-9(7-10)15(18,19)20/h1-7H,8H2,(H,21,22).